The minimum Gasteiger partial charge on any atom is -0.360 e. The Balaban J connectivity index is 2.86. The number of aromatic nitrogens is 1. The van der Waals surface area contributed by atoms with Crippen molar-refractivity contribution in [1.82, 2.24) is 4.98 Å². The van der Waals surface area contributed by atoms with Gasteiger partial charge in [0.05, 0.1) is 0 Å². The lowest BCUT2D eigenvalue weighted by molar-refractivity contribution is 0.937. The van der Waals surface area contributed by atoms with Crippen LogP contribution in [-0.4, -0.2) is 18.6 Å². The van der Waals surface area contributed by atoms with Crippen molar-refractivity contribution in [3.05, 3.63) is 22.8 Å². The molecule has 0 spiro atoms. The molecule has 11 heavy (non-hydrogen) atoms. The van der Waals surface area contributed by atoms with Crippen LogP contribution < -0.4 is 4.90 Å². The molecule has 0 bridgehead atoms. The number of anilines is 1. The van der Waals surface area contributed by atoms with Crippen molar-refractivity contribution in [2.24, 2.45) is 0 Å². The highest BCUT2D eigenvalue weighted by atomic mass is 79.9. The lowest BCUT2D eigenvalue weighted by atomic mass is 10.4. The Labute approximate surface area is 75.4 Å². The summed E-state index contributed by atoms with van der Waals surface area (Å²) in [6.07, 6.45) is 1.80. The molecule has 0 aliphatic carbocycles. The van der Waals surface area contributed by atoms with Gasteiger partial charge in [0.2, 0.25) is 0 Å². The maximum atomic E-state index is 4.21. The van der Waals surface area contributed by atoms with Gasteiger partial charge in [-0.3, -0.25) is 0 Å². The third kappa shape index (κ3) is 2.19. The summed E-state index contributed by atoms with van der Waals surface area (Å²) >= 11 is 3.39. The van der Waals surface area contributed by atoms with E-state index in [1.807, 2.05) is 19.2 Å². The summed E-state index contributed by atoms with van der Waals surface area (Å²) in [5.74, 6) is 1.00. The molecule has 0 saturated heterocycles. The Hall–Kier alpha value is -0.570. The molecule has 1 aromatic rings. The first-order valence-corrected chi connectivity index (χ1v) is 4.36. The van der Waals surface area contributed by atoms with Crippen LogP contribution in [-0.2, 0) is 0 Å². The summed E-state index contributed by atoms with van der Waals surface area (Å²) in [4.78, 5) is 6.29. The minimum absolute atomic E-state index is 0.976. The number of hydrogen-bond donors (Lipinski definition) is 0. The predicted octanol–water partition coefficient (Wildman–Crippen LogP) is 2.30. The zero-order valence-corrected chi connectivity index (χ0v) is 8.30. The van der Waals surface area contributed by atoms with E-state index in [1.165, 1.54) is 0 Å². The van der Waals surface area contributed by atoms with Gasteiger partial charge in [0.1, 0.15) is 5.82 Å². The Bertz CT molecular complexity index is 237. The van der Waals surface area contributed by atoms with E-state index >= 15 is 0 Å². The molecule has 1 heterocycles. The summed E-state index contributed by atoms with van der Waals surface area (Å²) in [7, 11) is 2.02. The van der Waals surface area contributed by atoms with E-state index in [-0.39, 0.29) is 0 Å². The van der Waals surface area contributed by atoms with E-state index in [0.29, 0.717) is 0 Å². The van der Waals surface area contributed by atoms with E-state index in [2.05, 4.69) is 32.7 Å². The van der Waals surface area contributed by atoms with Gasteiger partial charge in [-0.15, -0.1) is 0 Å². The molecule has 3 heteroatoms. The summed E-state index contributed by atoms with van der Waals surface area (Å²) in [5, 5.41) is 0. The first kappa shape index (κ1) is 8.53. The molecule has 2 nitrogen and oxygen atoms in total. The molecule has 0 aliphatic heterocycles. The second-order valence-electron chi connectivity index (χ2n) is 2.35. The van der Waals surface area contributed by atoms with Crippen LogP contribution in [0, 0.1) is 0 Å². The molecule has 60 valence electrons. The average Bonchev–Trinajstić information content (AvgIpc) is 2.03. The van der Waals surface area contributed by atoms with Crippen LogP contribution in [0.5, 0.6) is 0 Å². The second-order valence-corrected chi connectivity index (χ2v) is 3.26. The molecule has 0 saturated carbocycles. The molecule has 0 amide bonds. The van der Waals surface area contributed by atoms with Crippen molar-refractivity contribution < 1.29 is 0 Å². The molecular weight excluding hydrogens is 204 g/mol. The van der Waals surface area contributed by atoms with Crippen LogP contribution in [0.4, 0.5) is 5.82 Å². The van der Waals surface area contributed by atoms with E-state index in [9.17, 15) is 0 Å². The third-order valence-electron chi connectivity index (χ3n) is 1.57. The largest absolute Gasteiger partial charge is 0.360 e. The van der Waals surface area contributed by atoms with Crippen LogP contribution in [0.25, 0.3) is 0 Å². The standard InChI is InChI=1S/C8H11BrN2/c1-3-11(2)8-6-7(9)4-5-10-8/h4-6H,3H2,1-2H3. The Kier molecular flexibility index (Phi) is 2.88. The minimum atomic E-state index is 0.976. The number of nitrogens with zero attached hydrogens (tertiary/aromatic N) is 2. The van der Waals surface area contributed by atoms with E-state index in [4.69, 9.17) is 0 Å². The molecule has 1 aromatic heterocycles. The first-order chi connectivity index (χ1) is 5.24. The fourth-order valence-corrected chi connectivity index (χ4v) is 1.09. The topological polar surface area (TPSA) is 16.1 Å². The normalized spacial score (nSPS) is 9.73. The molecule has 0 aliphatic rings. The molecule has 0 atom stereocenters. The fourth-order valence-electron chi connectivity index (χ4n) is 0.764. The molecule has 0 fully saturated rings. The van der Waals surface area contributed by atoms with Gasteiger partial charge in [0.25, 0.3) is 0 Å². The number of pyridine rings is 1. The van der Waals surface area contributed by atoms with Gasteiger partial charge in [-0.2, -0.15) is 0 Å². The highest BCUT2D eigenvalue weighted by Gasteiger charge is 1.98. The lowest BCUT2D eigenvalue weighted by Gasteiger charge is -2.14. The molecule has 0 unspecified atom stereocenters. The van der Waals surface area contributed by atoms with Crippen molar-refractivity contribution in [3.63, 3.8) is 0 Å². The van der Waals surface area contributed by atoms with E-state index < -0.39 is 0 Å². The van der Waals surface area contributed by atoms with Crippen LogP contribution in [0.15, 0.2) is 22.8 Å². The maximum absolute atomic E-state index is 4.21. The maximum Gasteiger partial charge on any atom is 0.129 e. The van der Waals surface area contributed by atoms with Gasteiger partial charge in [-0.05, 0) is 19.1 Å². The first-order valence-electron chi connectivity index (χ1n) is 3.56. The Morgan fingerprint density at radius 1 is 1.64 bits per heavy atom. The van der Waals surface area contributed by atoms with Gasteiger partial charge >= 0.3 is 0 Å². The molecule has 1 rings (SSSR count). The summed E-state index contributed by atoms with van der Waals surface area (Å²) in [5.41, 5.74) is 0. The molecule has 0 aromatic carbocycles. The number of halogens is 1. The lowest BCUT2D eigenvalue weighted by Crippen LogP contribution is -2.16. The smallest absolute Gasteiger partial charge is 0.129 e. The van der Waals surface area contributed by atoms with Crippen LogP contribution >= 0.6 is 15.9 Å². The molecular formula is C8H11BrN2. The summed E-state index contributed by atoms with van der Waals surface area (Å²) in [6, 6.07) is 3.93. The van der Waals surface area contributed by atoms with Crippen LogP contribution in [0.2, 0.25) is 0 Å². The van der Waals surface area contributed by atoms with Crippen molar-refractivity contribution in [3.8, 4) is 0 Å². The van der Waals surface area contributed by atoms with Gasteiger partial charge in [-0.25, -0.2) is 4.98 Å². The third-order valence-corrected chi connectivity index (χ3v) is 2.07. The van der Waals surface area contributed by atoms with Crippen molar-refractivity contribution >= 4 is 21.7 Å². The molecule has 0 radical (unpaired) electrons. The molecule has 0 N–H and O–H groups in total. The fraction of sp³-hybridized carbons (Fsp3) is 0.375. The van der Waals surface area contributed by atoms with Crippen molar-refractivity contribution in [1.29, 1.82) is 0 Å². The summed E-state index contributed by atoms with van der Waals surface area (Å²) < 4.78 is 1.07. The van der Waals surface area contributed by atoms with E-state index in [1.54, 1.807) is 6.20 Å². The number of hydrogen-bond acceptors (Lipinski definition) is 2. The predicted molar refractivity (Wildman–Crippen MR) is 50.9 cm³/mol. The number of rotatable bonds is 2. The quantitative estimate of drug-likeness (QED) is 0.752. The van der Waals surface area contributed by atoms with Gasteiger partial charge < -0.3 is 4.90 Å². The Morgan fingerprint density at radius 3 is 2.91 bits per heavy atom. The second kappa shape index (κ2) is 3.72. The monoisotopic (exact) mass is 214 g/mol. The van der Waals surface area contributed by atoms with Crippen LogP contribution in [0.1, 0.15) is 6.92 Å². The average molecular weight is 215 g/mol. The van der Waals surface area contributed by atoms with Gasteiger partial charge in [0, 0.05) is 24.3 Å². The van der Waals surface area contributed by atoms with Gasteiger partial charge in [-0.1, -0.05) is 15.9 Å². The van der Waals surface area contributed by atoms with Gasteiger partial charge in [0.15, 0.2) is 0 Å². The Morgan fingerprint density at radius 2 is 2.36 bits per heavy atom. The highest BCUT2D eigenvalue weighted by Crippen LogP contribution is 2.14. The van der Waals surface area contributed by atoms with Crippen LogP contribution in [0.3, 0.4) is 0 Å². The van der Waals surface area contributed by atoms with Crippen molar-refractivity contribution in [2.75, 3.05) is 18.5 Å². The highest BCUT2D eigenvalue weighted by molar-refractivity contribution is 9.10. The van der Waals surface area contributed by atoms with E-state index in [0.717, 1.165) is 16.8 Å². The van der Waals surface area contributed by atoms with Crippen molar-refractivity contribution in [2.45, 2.75) is 6.92 Å². The zero-order chi connectivity index (χ0) is 8.27. The summed E-state index contributed by atoms with van der Waals surface area (Å²) in [6.45, 7) is 3.08. The zero-order valence-electron chi connectivity index (χ0n) is 6.71. The SMILES string of the molecule is CCN(C)c1cc(Br)ccn1.